The van der Waals surface area contributed by atoms with Crippen molar-refractivity contribution >= 4 is 47.4 Å². The van der Waals surface area contributed by atoms with Crippen LogP contribution in [0.15, 0.2) is 29.3 Å². The zero-order valence-electron chi connectivity index (χ0n) is 13.7. The van der Waals surface area contributed by atoms with E-state index in [9.17, 15) is 4.79 Å². The number of halogens is 2. The molecule has 0 aliphatic carbocycles. The van der Waals surface area contributed by atoms with Crippen LogP contribution in [0.1, 0.15) is 12.5 Å². The van der Waals surface area contributed by atoms with E-state index in [4.69, 9.17) is 18.0 Å². The molecule has 7 heteroatoms. The van der Waals surface area contributed by atoms with Gasteiger partial charge in [-0.05, 0) is 24.6 Å². The van der Waals surface area contributed by atoms with E-state index in [1.54, 1.807) is 0 Å². The monoisotopic (exact) mass is 460 g/mol. The lowest BCUT2D eigenvalue weighted by atomic mass is 10.2. The van der Waals surface area contributed by atoms with Crippen LogP contribution in [0.2, 0.25) is 5.02 Å². The first-order valence-electron chi connectivity index (χ1n) is 7.63. The number of guanidine groups is 1. The van der Waals surface area contributed by atoms with E-state index in [-0.39, 0.29) is 29.9 Å². The fourth-order valence-electron chi connectivity index (χ4n) is 2.41. The molecule has 1 N–H and O–H groups in total. The Kier molecular flexibility index (Phi) is 8.93. The van der Waals surface area contributed by atoms with Crippen LogP contribution in [0.25, 0.3) is 0 Å². The summed E-state index contributed by atoms with van der Waals surface area (Å²) in [5, 5.41) is 3.87. The summed E-state index contributed by atoms with van der Waals surface area (Å²) >= 11 is 5.89. The summed E-state index contributed by atoms with van der Waals surface area (Å²) in [6, 6.07) is 7.57. The quantitative estimate of drug-likeness (QED) is 0.324. The van der Waals surface area contributed by atoms with Crippen molar-refractivity contribution in [3.63, 3.8) is 0 Å². The molecule has 1 aromatic rings. The lowest BCUT2D eigenvalue weighted by Crippen LogP contribution is -2.54. The predicted octanol–water partition coefficient (Wildman–Crippen LogP) is 2.20. The Balaban J connectivity index is 0.00000288. The molecule has 1 aliphatic heterocycles. The number of carbonyl (C=O) groups excluding carboxylic acids is 1. The summed E-state index contributed by atoms with van der Waals surface area (Å²) < 4.78 is 0. The lowest BCUT2D eigenvalue weighted by molar-refractivity contribution is -0.135. The van der Waals surface area contributed by atoms with Gasteiger partial charge in [-0.25, -0.2) is 4.99 Å². The molecular formula is C17H22ClIN4O. The minimum absolute atomic E-state index is 0. The highest BCUT2D eigenvalue weighted by atomic mass is 127. The second-order valence-electron chi connectivity index (χ2n) is 5.24. The normalized spacial score (nSPS) is 14.9. The molecule has 2 rings (SSSR count). The highest BCUT2D eigenvalue weighted by molar-refractivity contribution is 14.0. The Bertz CT molecular complexity index is 612. The second-order valence-corrected chi connectivity index (χ2v) is 5.67. The molecule has 1 aromatic carbocycles. The van der Waals surface area contributed by atoms with Crippen molar-refractivity contribution < 1.29 is 4.79 Å². The first-order valence-corrected chi connectivity index (χ1v) is 8.00. The van der Waals surface area contributed by atoms with Crippen LogP contribution in [-0.4, -0.2) is 54.4 Å². The summed E-state index contributed by atoms with van der Waals surface area (Å²) in [4.78, 5) is 20.5. The molecule has 1 fully saturated rings. The van der Waals surface area contributed by atoms with E-state index in [0.717, 1.165) is 18.7 Å². The molecule has 1 aliphatic rings. The summed E-state index contributed by atoms with van der Waals surface area (Å²) in [5.41, 5.74) is 1.07. The number of carbonyl (C=O) groups is 1. The van der Waals surface area contributed by atoms with E-state index in [1.165, 1.54) is 0 Å². The van der Waals surface area contributed by atoms with Gasteiger partial charge >= 0.3 is 0 Å². The second kappa shape index (κ2) is 10.4. The van der Waals surface area contributed by atoms with Crippen molar-refractivity contribution in [2.24, 2.45) is 4.99 Å². The van der Waals surface area contributed by atoms with Gasteiger partial charge in [-0.15, -0.1) is 30.4 Å². The third-order valence-corrected chi connectivity index (χ3v) is 3.81. The summed E-state index contributed by atoms with van der Waals surface area (Å²) in [7, 11) is 0. The molecule has 0 aromatic heterocycles. The number of amides is 1. The van der Waals surface area contributed by atoms with Gasteiger partial charge in [0.1, 0.15) is 6.54 Å². The molecule has 24 heavy (non-hydrogen) atoms. The van der Waals surface area contributed by atoms with Crippen molar-refractivity contribution in [1.82, 2.24) is 15.1 Å². The molecule has 0 unspecified atom stereocenters. The van der Waals surface area contributed by atoms with Crippen molar-refractivity contribution in [3.05, 3.63) is 34.9 Å². The molecule has 1 heterocycles. The Morgan fingerprint density at radius 2 is 2.08 bits per heavy atom. The SMILES string of the molecule is C#CCN=C(NCC)N1CCN(Cc2ccc(Cl)cc2)C(=O)C1.I. The number of terminal acetylenes is 1. The topological polar surface area (TPSA) is 47.9 Å². The van der Waals surface area contributed by atoms with Crippen LogP contribution in [0.3, 0.4) is 0 Å². The van der Waals surface area contributed by atoms with Crippen molar-refractivity contribution in [2.75, 3.05) is 32.7 Å². The van der Waals surface area contributed by atoms with Crippen LogP contribution >= 0.6 is 35.6 Å². The summed E-state index contributed by atoms with van der Waals surface area (Å²) in [6.45, 7) is 5.33. The number of nitrogens with zero attached hydrogens (tertiary/aromatic N) is 3. The van der Waals surface area contributed by atoms with E-state index in [1.807, 2.05) is 41.0 Å². The number of rotatable bonds is 4. The summed E-state index contributed by atoms with van der Waals surface area (Å²) in [5.74, 6) is 3.27. The van der Waals surface area contributed by atoms with Crippen LogP contribution in [-0.2, 0) is 11.3 Å². The van der Waals surface area contributed by atoms with E-state index in [0.29, 0.717) is 37.2 Å². The van der Waals surface area contributed by atoms with Crippen LogP contribution < -0.4 is 5.32 Å². The Morgan fingerprint density at radius 3 is 2.67 bits per heavy atom. The molecule has 0 saturated carbocycles. The molecule has 0 radical (unpaired) electrons. The molecular weight excluding hydrogens is 439 g/mol. The molecule has 0 spiro atoms. The smallest absolute Gasteiger partial charge is 0.242 e. The van der Waals surface area contributed by atoms with Gasteiger partial charge in [0, 0.05) is 31.2 Å². The van der Waals surface area contributed by atoms with Crippen molar-refractivity contribution in [3.8, 4) is 12.3 Å². The number of hydrogen-bond acceptors (Lipinski definition) is 2. The molecule has 130 valence electrons. The Hall–Kier alpha value is -1.46. The average molecular weight is 461 g/mol. The Labute approximate surface area is 165 Å². The Morgan fingerprint density at radius 1 is 1.38 bits per heavy atom. The number of nitrogens with one attached hydrogen (secondary N) is 1. The minimum atomic E-state index is 0. The first-order chi connectivity index (χ1) is 11.1. The zero-order valence-corrected chi connectivity index (χ0v) is 16.8. The number of benzene rings is 1. The highest BCUT2D eigenvalue weighted by Crippen LogP contribution is 2.13. The van der Waals surface area contributed by atoms with Gasteiger partial charge in [0.2, 0.25) is 5.91 Å². The van der Waals surface area contributed by atoms with Crippen molar-refractivity contribution in [2.45, 2.75) is 13.5 Å². The van der Waals surface area contributed by atoms with Gasteiger partial charge in [0.15, 0.2) is 5.96 Å². The van der Waals surface area contributed by atoms with Gasteiger partial charge in [-0.3, -0.25) is 4.79 Å². The molecule has 5 nitrogen and oxygen atoms in total. The predicted molar refractivity (Wildman–Crippen MR) is 109 cm³/mol. The largest absolute Gasteiger partial charge is 0.356 e. The van der Waals surface area contributed by atoms with Gasteiger partial charge in [0.05, 0.1) is 6.54 Å². The summed E-state index contributed by atoms with van der Waals surface area (Å²) in [6.07, 6.45) is 5.26. The van der Waals surface area contributed by atoms with Crippen molar-refractivity contribution in [1.29, 1.82) is 0 Å². The van der Waals surface area contributed by atoms with Gasteiger partial charge in [0.25, 0.3) is 0 Å². The minimum Gasteiger partial charge on any atom is -0.356 e. The third-order valence-electron chi connectivity index (χ3n) is 3.56. The first kappa shape index (κ1) is 20.6. The molecule has 1 saturated heterocycles. The van der Waals surface area contributed by atoms with Gasteiger partial charge < -0.3 is 15.1 Å². The molecule has 0 bridgehead atoms. The van der Waals surface area contributed by atoms with Gasteiger partial charge in [-0.2, -0.15) is 0 Å². The van der Waals surface area contributed by atoms with Gasteiger partial charge in [-0.1, -0.05) is 29.7 Å². The standard InChI is InChI=1S/C17H21ClN4O.HI/c1-3-9-20-17(19-4-2)22-11-10-21(16(23)13-22)12-14-5-7-15(18)8-6-14;/h1,5-8H,4,9-13H2,2H3,(H,19,20);1H. The van der Waals surface area contributed by atoms with Crippen LogP contribution in [0.5, 0.6) is 0 Å². The number of piperazine rings is 1. The lowest BCUT2D eigenvalue weighted by Gasteiger charge is -2.36. The van der Waals surface area contributed by atoms with Crippen LogP contribution in [0, 0.1) is 12.3 Å². The highest BCUT2D eigenvalue weighted by Gasteiger charge is 2.25. The fourth-order valence-corrected chi connectivity index (χ4v) is 2.54. The average Bonchev–Trinajstić information content (AvgIpc) is 2.55. The maximum atomic E-state index is 12.4. The molecule has 1 amide bonds. The number of aliphatic imine (C=N–C) groups is 1. The molecule has 0 atom stereocenters. The van der Waals surface area contributed by atoms with E-state index >= 15 is 0 Å². The van der Waals surface area contributed by atoms with E-state index < -0.39 is 0 Å². The maximum Gasteiger partial charge on any atom is 0.242 e. The zero-order chi connectivity index (χ0) is 16.7. The third kappa shape index (κ3) is 5.87. The van der Waals surface area contributed by atoms with Crippen LogP contribution in [0.4, 0.5) is 0 Å². The maximum absolute atomic E-state index is 12.4. The van der Waals surface area contributed by atoms with E-state index in [2.05, 4.69) is 16.2 Å². The fraction of sp³-hybridized carbons (Fsp3) is 0.412. The number of hydrogen-bond donors (Lipinski definition) is 1.